The number of H-pyrrole nitrogens is 1. The summed E-state index contributed by atoms with van der Waals surface area (Å²) in [4.78, 5) is 15.5. The van der Waals surface area contributed by atoms with Crippen LogP contribution in [-0.2, 0) is 0 Å². The highest BCUT2D eigenvalue weighted by Crippen LogP contribution is 2.27. The van der Waals surface area contributed by atoms with Crippen LogP contribution in [0.2, 0.25) is 0 Å². The van der Waals surface area contributed by atoms with Crippen LogP contribution in [0.4, 0.5) is 5.69 Å². The van der Waals surface area contributed by atoms with Crippen molar-refractivity contribution in [1.82, 2.24) is 10.2 Å². The Morgan fingerprint density at radius 3 is 2.88 bits per heavy atom. The Bertz CT molecular complexity index is 487. The summed E-state index contributed by atoms with van der Waals surface area (Å²) in [6, 6.07) is 1.85. The summed E-state index contributed by atoms with van der Waals surface area (Å²) in [6.45, 7) is 1.98. The maximum atomic E-state index is 12.1. The number of carbonyl (C=O) groups excluding carboxylic acids is 1. The first-order valence-corrected chi connectivity index (χ1v) is 6.23. The van der Waals surface area contributed by atoms with Gasteiger partial charge < -0.3 is 4.90 Å². The Morgan fingerprint density at radius 1 is 1.62 bits per heavy atom. The SMILES string of the molecule is Cc1sc(C(=O)N(C)c2cn[nH]c2)cc1Br. The standard InChI is InChI=1S/C10H10BrN3OS/c1-6-8(11)3-9(16-6)10(15)14(2)7-4-12-13-5-7/h3-5H,1-2H3,(H,12,13). The molecule has 0 aromatic carbocycles. The molecule has 0 aliphatic heterocycles. The number of aromatic nitrogens is 2. The van der Waals surface area contributed by atoms with Crippen LogP contribution >= 0.6 is 27.3 Å². The van der Waals surface area contributed by atoms with E-state index >= 15 is 0 Å². The zero-order valence-corrected chi connectivity index (χ0v) is 11.2. The number of anilines is 1. The Balaban J connectivity index is 2.26. The van der Waals surface area contributed by atoms with Crippen LogP contribution in [0.15, 0.2) is 22.9 Å². The fraction of sp³-hybridized carbons (Fsp3) is 0.200. The van der Waals surface area contributed by atoms with Gasteiger partial charge in [-0.3, -0.25) is 9.89 Å². The second-order valence-electron chi connectivity index (χ2n) is 3.34. The summed E-state index contributed by atoms with van der Waals surface area (Å²) in [5.41, 5.74) is 0.757. The van der Waals surface area contributed by atoms with Crippen LogP contribution in [0.1, 0.15) is 14.5 Å². The van der Waals surface area contributed by atoms with Gasteiger partial charge in [0.25, 0.3) is 5.91 Å². The molecule has 4 nitrogen and oxygen atoms in total. The molecule has 0 bridgehead atoms. The molecule has 6 heteroatoms. The van der Waals surface area contributed by atoms with E-state index in [1.165, 1.54) is 11.3 Å². The first-order valence-electron chi connectivity index (χ1n) is 4.62. The lowest BCUT2D eigenvalue weighted by atomic mass is 10.4. The highest BCUT2D eigenvalue weighted by Gasteiger charge is 2.17. The van der Waals surface area contributed by atoms with E-state index in [1.54, 1.807) is 24.3 Å². The van der Waals surface area contributed by atoms with Crippen LogP contribution in [0, 0.1) is 6.92 Å². The summed E-state index contributed by atoms with van der Waals surface area (Å²) in [5.74, 6) is -0.0276. The molecule has 0 fully saturated rings. The fourth-order valence-corrected chi connectivity index (χ4v) is 2.79. The molecule has 1 amide bonds. The Kier molecular flexibility index (Phi) is 3.11. The second kappa shape index (κ2) is 4.39. The van der Waals surface area contributed by atoms with Crippen molar-refractivity contribution in [1.29, 1.82) is 0 Å². The average Bonchev–Trinajstić information content (AvgIpc) is 2.87. The smallest absolute Gasteiger partial charge is 0.268 e. The number of halogens is 1. The van der Waals surface area contributed by atoms with E-state index in [0.717, 1.165) is 15.0 Å². The normalized spacial score (nSPS) is 10.4. The molecule has 0 aliphatic carbocycles. The molecule has 1 N–H and O–H groups in total. The monoisotopic (exact) mass is 299 g/mol. The molecule has 0 radical (unpaired) electrons. The van der Waals surface area contributed by atoms with Crippen molar-refractivity contribution in [2.24, 2.45) is 0 Å². The van der Waals surface area contributed by atoms with Crippen molar-refractivity contribution in [3.8, 4) is 0 Å². The van der Waals surface area contributed by atoms with Gasteiger partial charge in [0, 0.05) is 22.6 Å². The van der Waals surface area contributed by atoms with Crippen LogP contribution in [0.5, 0.6) is 0 Å². The van der Waals surface area contributed by atoms with Gasteiger partial charge in [-0.15, -0.1) is 11.3 Å². The lowest BCUT2D eigenvalue weighted by molar-refractivity contribution is 0.0997. The number of carbonyl (C=O) groups is 1. The Morgan fingerprint density at radius 2 is 2.38 bits per heavy atom. The molecule has 0 spiro atoms. The zero-order valence-electron chi connectivity index (χ0n) is 8.82. The predicted octanol–water partition coefficient (Wildman–Crippen LogP) is 2.82. The Labute approximate surface area is 105 Å². The van der Waals surface area contributed by atoms with Crippen LogP contribution in [0.25, 0.3) is 0 Å². The molecule has 2 heterocycles. The molecule has 0 saturated heterocycles. The number of aryl methyl sites for hydroxylation is 1. The van der Waals surface area contributed by atoms with E-state index in [2.05, 4.69) is 26.1 Å². The first-order chi connectivity index (χ1) is 7.59. The maximum absolute atomic E-state index is 12.1. The maximum Gasteiger partial charge on any atom is 0.268 e. The van der Waals surface area contributed by atoms with E-state index in [-0.39, 0.29) is 5.91 Å². The average molecular weight is 300 g/mol. The number of nitrogens with one attached hydrogen (secondary N) is 1. The van der Waals surface area contributed by atoms with Gasteiger partial charge in [-0.1, -0.05) is 0 Å². The summed E-state index contributed by atoms with van der Waals surface area (Å²) >= 11 is 4.88. The van der Waals surface area contributed by atoms with Gasteiger partial charge in [0.15, 0.2) is 0 Å². The van der Waals surface area contributed by atoms with Crippen LogP contribution < -0.4 is 4.90 Å². The number of nitrogens with zero attached hydrogens (tertiary/aromatic N) is 2. The topological polar surface area (TPSA) is 49.0 Å². The number of aromatic amines is 1. The third-order valence-corrected chi connectivity index (χ3v) is 4.37. The third-order valence-electron chi connectivity index (χ3n) is 2.24. The van der Waals surface area contributed by atoms with Gasteiger partial charge in [-0.05, 0) is 28.9 Å². The van der Waals surface area contributed by atoms with Gasteiger partial charge in [0.05, 0.1) is 16.8 Å². The molecular weight excluding hydrogens is 290 g/mol. The van der Waals surface area contributed by atoms with Gasteiger partial charge in [-0.2, -0.15) is 5.10 Å². The van der Waals surface area contributed by atoms with E-state index < -0.39 is 0 Å². The molecule has 2 rings (SSSR count). The molecule has 0 atom stereocenters. The fourth-order valence-electron chi connectivity index (χ4n) is 1.28. The van der Waals surface area contributed by atoms with Crippen molar-refractivity contribution in [2.45, 2.75) is 6.92 Å². The van der Waals surface area contributed by atoms with Gasteiger partial charge in [0.1, 0.15) is 0 Å². The largest absolute Gasteiger partial charge is 0.308 e. The number of hydrogen-bond donors (Lipinski definition) is 1. The molecule has 0 saturated carbocycles. The van der Waals surface area contributed by atoms with E-state index in [4.69, 9.17) is 0 Å². The number of amides is 1. The van der Waals surface area contributed by atoms with Crippen molar-refractivity contribution in [3.05, 3.63) is 32.7 Å². The molecular formula is C10H10BrN3OS. The highest BCUT2D eigenvalue weighted by molar-refractivity contribution is 9.10. The molecule has 2 aromatic rings. The lowest BCUT2D eigenvalue weighted by Crippen LogP contribution is -2.24. The quantitative estimate of drug-likeness (QED) is 0.927. The first kappa shape index (κ1) is 11.3. The third kappa shape index (κ3) is 2.03. The van der Waals surface area contributed by atoms with E-state index in [9.17, 15) is 4.79 Å². The summed E-state index contributed by atoms with van der Waals surface area (Å²) < 4.78 is 0.974. The van der Waals surface area contributed by atoms with Crippen molar-refractivity contribution in [3.63, 3.8) is 0 Å². The second-order valence-corrected chi connectivity index (χ2v) is 5.45. The number of thiophene rings is 1. The van der Waals surface area contributed by atoms with E-state index in [1.807, 2.05) is 13.0 Å². The van der Waals surface area contributed by atoms with Gasteiger partial charge >= 0.3 is 0 Å². The van der Waals surface area contributed by atoms with Crippen LogP contribution in [-0.4, -0.2) is 23.2 Å². The zero-order chi connectivity index (χ0) is 11.7. The predicted molar refractivity (Wildman–Crippen MR) is 68.1 cm³/mol. The summed E-state index contributed by atoms with van der Waals surface area (Å²) in [6.07, 6.45) is 3.31. The molecule has 84 valence electrons. The summed E-state index contributed by atoms with van der Waals surface area (Å²) in [7, 11) is 1.73. The molecule has 0 unspecified atom stereocenters. The number of hydrogen-bond acceptors (Lipinski definition) is 3. The molecule has 16 heavy (non-hydrogen) atoms. The minimum Gasteiger partial charge on any atom is -0.308 e. The highest BCUT2D eigenvalue weighted by atomic mass is 79.9. The van der Waals surface area contributed by atoms with Crippen molar-refractivity contribution in [2.75, 3.05) is 11.9 Å². The number of rotatable bonds is 2. The summed E-state index contributed by atoms with van der Waals surface area (Å²) in [5, 5.41) is 6.50. The minimum atomic E-state index is -0.0276. The minimum absolute atomic E-state index is 0.0276. The molecule has 2 aromatic heterocycles. The Hall–Kier alpha value is -1.14. The van der Waals surface area contributed by atoms with Gasteiger partial charge in [0.2, 0.25) is 0 Å². The van der Waals surface area contributed by atoms with Crippen molar-refractivity contribution < 1.29 is 4.79 Å². The van der Waals surface area contributed by atoms with Crippen molar-refractivity contribution >= 4 is 38.9 Å². The molecule has 0 aliphatic rings. The lowest BCUT2D eigenvalue weighted by Gasteiger charge is -2.12. The van der Waals surface area contributed by atoms with E-state index in [0.29, 0.717) is 4.88 Å². The van der Waals surface area contributed by atoms with Crippen LogP contribution in [0.3, 0.4) is 0 Å². The van der Waals surface area contributed by atoms with Gasteiger partial charge in [-0.25, -0.2) is 0 Å².